The summed E-state index contributed by atoms with van der Waals surface area (Å²) in [6.07, 6.45) is 7.01. The quantitative estimate of drug-likeness (QED) is 0.687. The molecule has 14 heavy (non-hydrogen) atoms. The van der Waals surface area contributed by atoms with Crippen LogP contribution in [-0.4, -0.2) is 13.1 Å². The summed E-state index contributed by atoms with van der Waals surface area (Å²) in [5.74, 6) is 2.85. The van der Waals surface area contributed by atoms with E-state index in [4.69, 9.17) is 0 Å². The van der Waals surface area contributed by atoms with Gasteiger partial charge in [0.05, 0.1) is 0 Å². The minimum absolute atomic E-state index is 0.897. The smallest absolute Gasteiger partial charge is 0.00203 e. The molecule has 1 heteroatoms. The van der Waals surface area contributed by atoms with Gasteiger partial charge in [-0.05, 0) is 43.7 Å². The van der Waals surface area contributed by atoms with Crippen LogP contribution in [0.25, 0.3) is 0 Å². The Morgan fingerprint density at radius 3 is 2.43 bits per heavy atom. The van der Waals surface area contributed by atoms with Crippen LogP contribution in [-0.2, 0) is 0 Å². The first-order valence-corrected chi connectivity index (χ1v) is 6.46. The zero-order valence-electron chi connectivity index (χ0n) is 10.2. The van der Waals surface area contributed by atoms with Gasteiger partial charge < -0.3 is 5.32 Å². The molecule has 1 saturated carbocycles. The topological polar surface area (TPSA) is 12.0 Å². The average molecular weight is 197 g/mol. The van der Waals surface area contributed by atoms with Gasteiger partial charge in [-0.1, -0.05) is 40.0 Å². The maximum atomic E-state index is 3.65. The third kappa shape index (κ3) is 4.00. The molecule has 1 aliphatic carbocycles. The van der Waals surface area contributed by atoms with E-state index in [2.05, 4.69) is 26.1 Å². The number of rotatable bonds is 6. The lowest BCUT2D eigenvalue weighted by atomic mass is 10.0. The first-order chi connectivity index (χ1) is 6.76. The molecule has 1 nitrogen and oxygen atoms in total. The molecule has 0 aliphatic heterocycles. The van der Waals surface area contributed by atoms with E-state index in [-0.39, 0.29) is 0 Å². The van der Waals surface area contributed by atoms with Crippen molar-refractivity contribution in [3.63, 3.8) is 0 Å². The van der Waals surface area contributed by atoms with Gasteiger partial charge in [0.25, 0.3) is 0 Å². The summed E-state index contributed by atoms with van der Waals surface area (Å²) >= 11 is 0. The number of hydrogen-bond donors (Lipinski definition) is 1. The van der Waals surface area contributed by atoms with Crippen molar-refractivity contribution in [2.45, 2.75) is 52.9 Å². The second-order valence-electron chi connectivity index (χ2n) is 5.13. The van der Waals surface area contributed by atoms with Gasteiger partial charge in [0.15, 0.2) is 0 Å². The van der Waals surface area contributed by atoms with Gasteiger partial charge in [-0.25, -0.2) is 0 Å². The zero-order valence-corrected chi connectivity index (χ0v) is 10.2. The van der Waals surface area contributed by atoms with E-state index in [1.807, 2.05) is 0 Å². The highest BCUT2D eigenvalue weighted by atomic mass is 14.9. The molecule has 0 saturated heterocycles. The predicted molar refractivity (Wildman–Crippen MR) is 63.4 cm³/mol. The molecule has 84 valence electrons. The first kappa shape index (κ1) is 12.0. The Morgan fingerprint density at radius 1 is 1.21 bits per heavy atom. The Bertz CT molecular complexity index is 140. The minimum atomic E-state index is 0.897. The molecule has 0 aromatic heterocycles. The van der Waals surface area contributed by atoms with Crippen molar-refractivity contribution in [1.29, 1.82) is 0 Å². The number of nitrogens with one attached hydrogen (secondary N) is 1. The van der Waals surface area contributed by atoms with Crippen molar-refractivity contribution >= 4 is 0 Å². The molecule has 1 rings (SSSR count). The fourth-order valence-corrected chi connectivity index (χ4v) is 2.58. The monoisotopic (exact) mass is 197 g/mol. The van der Waals surface area contributed by atoms with Crippen molar-refractivity contribution in [2.24, 2.45) is 17.8 Å². The van der Waals surface area contributed by atoms with Gasteiger partial charge in [-0.3, -0.25) is 0 Å². The fourth-order valence-electron chi connectivity index (χ4n) is 2.58. The maximum Gasteiger partial charge on any atom is -0.00203 e. The molecule has 0 amide bonds. The highest BCUT2D eigenvalue weighted by Crippen LogP contribution is 2.29. The summed E-state index contributed by atoms with van der Waals surface area (Å²) < 4.78 is 0. The molecule has 2 unspecified atom stereocenters. The SMILES string of the molecule is CCC(CC)CNCC1CCC(C)C1. The van der Waals surface area contributed by atoms with Gasteiger partial charge in [0.1, 0.15) is 0 Å². The summed E-state index contributed by atoms with van der Waals surface area (Å²) in [6, 6.07) is 0. The van der Waals surface area contributed by atoms with E-state index in [0.29, 0.717) is 0 Å². The van der Waals surface area contributed by atoms with E-state index < -0.39 is 0 Å². The molecule has 0 aromatic carbocycles. The zero-order chi connectivity index (χ0) is 10.4. The molecule has 0 aromatic rings. The molecular formula is C13H27N. The lowest BCUT2D eigenvalue weighted by Gasteiger charge is -2.16. The maximum absolute atomic E-state index is 3.65. The van der Waals surface area contributed by atoms with Gasteiger partial charge in [-0.2, -0.15) is 0 Å². The Hall–Kier alpha value is -0.0400. The summed E-state index contributed by atoms with van der Waals surface area (Å²) in [6.45, 7) is 9.49. The highest BCUT2D eigenvalue weighted by molar-refractivity contribution is 4.74. The van der Waals surface area contributed by atoms with Crippen LogP contribution in [0.3, 0.4) is 0 Å². The fraction of sp³-hybridized carbons (Fsp3) is 1.00. The van der Waals surface area contributed by atoms with Crippen LogP contribution in [0, 0.1) is 17.8 Å². The Labute approximate surface area is 89.7 Å². The average Bonchev–Trinajstić information content (AvgIpc) is 2.59. The molecule has 0 radical (unpaired) electrons. The van der Waals surface area contributed by atoms with E-state index >= 15 is 0 Å². The van der Waals surface area contributed by atoms with Crippen LogP contribution >= 0.6 is 0 Å². The third-order valence-corrected chi connectivity index (χ3v) is 3.82. The van der Waals surface area contributed by atoms with Crippen LogP contribution in [0.1, 0.15) is 52.9 Å². The summed E-state index contributed by atoms with van der Waals surface area (Å²) in [5, 5.41) is 3.65. The largest absolute Gasteiger partial charge is 0.316 e. The second-order valence-corrected chi connectivity index (χ2v) is 5.13. The van der Waals surface area contributed by atoms with Crippen molar-refractivity contribution in [3.05, 3.63) is 0 Å². The van der Waals surface area contributed by atoms with Crippen LogP contribution < -0.4 is 5.32 Å². The van der Waals surface area contributed by atoms with Crippen molar-refractivity contribution in [3.8, 4) is 0 Å². The van der Waals surface area contributed by atoms with Gasteiger partial charge >= 0.3 is 0 Å². The lowest BCUT2D eigenvalue weighted by molar-refractivity contribution is 0.407. The molecule has 0 heterocycles. The molecule has 0 spiro atoms. The molecule has 2 atom stereocenters. The van der Waals surface area contributed by atoms with Crippen LogP contribution in [0.4, 0.5) is 0 Å². The normalized spacial score (nSPS) is 27.4. The molecule has 1 N–H and O–H groups in total. The molecule has 0 bridgehead atoms. The van der Waals surface area contributed by atoms with Crippen LogP contribution in [0.15, 0.2) is 0 Å². The summed E-state index contributed by atoms with van der Waals surface area (Å²) in [5.41, 5.74) is 0. The lowest BCUT2D eigenvalue weighted by Crippen LogP contribution is -2.27. The van der Waals surface area contributed by atoms with Crippen molar-refractivity contribution in [2.75, 3.05) is 13.1 Å². The number of hydrogen-bond acceptors (Lipinski definition) is 1. The minimum Gasteiger partial charge on any atom is -0.316 e. The summed E-state index contributed by atoms with van der Waals surface area (Å²) in [7, 11) is 0. The summed E-state index contributed by atoms with van der Waals surface area (Å²) in [4.78, 5) is 0. The van der Waals surface area contributed by atoms with E-state index in [9.17, 15) is 0 Å². The van der Waals surface area contributed by atoms with Gasteiger partial charge in [-0.15, -0.1) is 0 Å². The standard InChI is InChI=1S/C13H27N/c1-4-12(5-2)9-14-10-13-7-6-11(3)8-13/h11-14H,4-10H2,1-3H3. The van der Waals surface area contributed by atoms with Crippen LogP contribution in [0.2, 0.25) is 0 Å². The van der Waals surface area contributed by atoms with Gasteiger partial charge in [0.2, 0.25) is 0 Å². The van der Waals surface area contributed by atoms with Crippen LogP contribution in [0.5, 0.6) is 0 Å². The van der Waals surface area contributed by atoms with E-state index in [1.54, 1.807) is 0 Å². The predicted octanol–water partition coefficient (Wildman–Crippen LogP) is 3.45. The van der Waals surface area contributed by atoms with E-state index in [0.717, 1.165) is 17.8 Å². The highest BCUT2D eigenvalue weighted by Gasteiger charge is 2.20. The first-order valence-electron chi connectivity index (χ1n) is 6.46. The molecular weight excluding hydrogens is 170 g/mol. The Balaban J connectivity index is 2.03. The van der Waals surface area contributed by atoms with Gasteiger partial charge in [0, 0.05) is 0 Å². The van der Waals surface area contributed by atoms with E-state index in [1.165, 1.54) is 45.2 Å². The Kier molecular flexibility index (Phi) is 5.54. The second kappa shape index (κ2) is 6.44. The Morgan fingerprint density at radius 2 is 1.93 bits per heavy atom. The molecule has 1 aliphatic rings. The third-order valence-electron chi connectivity index (χ3n) is 3.82. The molecule has 1 fully saturated rings. The van der Waals surface area contributed by atoms with Crippen molar-refractivity contribution in [1.82, 2.24) is 5.32 Å². The van der Waals surface area contributed by atoms with Crippen molar-refractivity contribution < 1.29 is 0 Å².